The van der Waals surface area contributed by atoms with E-state index in [-0.39, 0.29) is 5.56 Å². The number of nitrogens with zero attached hydrogens (tertiary/aromatic N) is 1. The zero-order chi connectivity index (χ0) is 14.1. The summed E-state index contributed by atoms with van der Waals surface area (Å²) in [4.78, 5) is 14.2. The normalized spacial score (nSPS) is 10.9. The van der Waals surface area contributed by atoms with Gasteiger partial charge in [0.25, 0.3) is 5.56 Å². The second-order valence-corrected chi connectivity index (χ2v) is 5.95. The highest BCUT2D eigenvalue weighted by atomic mass is 32.2. The van der Waals surface area contributed by atoms with Crippen LogP contribution in [0.5, 0.6) is 0 Å². The van der Waals surface area contributed by atoms with Crippen molar-refractivity contribution in [3.8, 4) is 0 Å². The summed E-state index contributed by atoms with van der Waals surface area (Å²) in [7, 11) is 1.81. The first-order valence-corrected chi connectivity index (χ1v) is 7.30. The molecular formula is C17H15NOS. The second-order valence-electron chi connectivity index (χ2n) is 4.84. The van der Waals surface area contributed by atoms with Gasteiger partial charge in [0.15, 0.2) is 0 Å². The fourth-order valence-corrected chi connectivity index (χ4v) is 3.17. The van der Waals surface area contributed by atoms with Gasteiger partial charge in [-0.25, -0.2) is 0 Å². The van der Waals surface area contributed by atoms with Crippen LogP contribution in [0.15, 0.2) is 69.2 Å². The van der Waals surface area contributed by atoms with E-state index in [1.807, 2.05) is 25.2 Å². The topological polar surface area (TPSA) is 22.0 Å². The number of aryl methyl sites for hydroxylation is 2. The van der Waals surface area contributed by atoms with Gasteiger partial charge in [-0.2, -0.15) is 0 Å². The van der Waals surface area contributed by atoms with Crippen molar-refractivity contribution in [2.24, 2.45) is 7.05 Å². The summed E-state index contributed by atoms with van der Waals surface area (Å²) in [5, 5.41) is 1.11. The lowest BCUT2D eigenvalue weighted by Crippen LogP contribution is -2.15. The summed E-state index contributed by atoms with van der Waals surface area (Å²) in [5.41, 5.74) is 2.23. The molecule has 3 rings (SSSR count). The molecule has 0 aliphatic carbocycles. The van der Waals surface area contributed by atoms with Gasteiger partial charge in [0.05, 0.1) is 5.52 Å². The maximum Gasteiger partial charge on any atom is 0.251 e. The largest absolute Gasteiger partial charge is 0.311 e. The lowest BCUT2D eigenvalue weighted by atomic mass is 10.2. The molecule has 3 heteroatoms. The van der Waals surface area contributed by atoms with Crippen LogP contribution in [-0.2, 0) is 7.05 Å². The van der Waals surface area contributed by atoms with E-state index in [2.05, 4.69) is 37.3 Å². The summed E-state index contributed by atoms with van der Waals surface area (Å²) in [6.07, 6.45) is 0. The van der Waals surface area contributed by atoms with Crippen molar-refractivity contribution in [2.75, 3.05) is 0 Å². The molecule has 0 amide bonds. The first-order chi connectivity index (χ1) is 9.65. The van der Waals surface area contributed by atoms with Crippen molar-refractivity contribution in [3.05, 3.63) is 70.5 Å². The predicted molar refractivity (Wildman–Crippen MR) is 84.5 cm³/mol. The molecule has 1 aromatic heterocycles. The van der Waals surface area contributed by atoms with Gasteiger partial charge in [0.2, 0.25) is 0 Å². The van der Waals surface area contributed by atoms with Crippen LogP contribution in [0.4, 0.5) is 0 Å². The molecule has 0 saturated carbocycles. The van der Waals surface area contributed by atoms with E-state index in [1.54, 1.807) is 22.4 Å². The minimum absolute atomic E-state index is 0.0262. The van der Waals surface area contributed by atoms with Crippen molar-refractivity contribution < 1.29 is 0 Å². The molecule has 0 bridgehead atoms. The lowest BCUT2D eigenvalue weighted by Gasteiger charge is -2.09. The molecule has 3 aromatic rings. The van der Waals surface area contributed by atoms with Crippen LogP contribution in [0.3, 0.4) is 0 Å². The van der Waals surface area contributed by atoms with Gasteiger partial charge in [-0.05, 0) is 25.1 Å². The Kier molecular flexibility index (Phi) is 3.36. The van der Waals surface area contributed by atoms with Crippen molar-refractivity contribution in [1.29, 1.82) is 0 Å². The van der Waals surface area contributed by atoms with Crippen molar-refractivity contribution in [1.82, 2.24) is 4.57 Å². The van der Waals surface area contributed by atoms with Crippen molar-refractivity contribution in [3.63, 3.8) is 0 Å². The summed E-state index contributed by atoms with van der Waals surface area (Å²) in [6, 6.07) is 18.1. The predicted octanol–water partition coefficient (Wildman–Crippen LogP) is 4.00. The van der Waals surface area contributed by atoms with Gasteiger partial charge in [-0.3, -0.25) is 4.79 Å². The van der Waals surface area contributed by atoms with Gasteiger partial charge < -0.3 is 4.57 Å². The maximum absolute atomic E-state index is 12.0. The molecular weight excluding hydrogens is 266 g/mol. The summed E-state index contributed by atoms with van der Waals surface area (Å²) < 4.78 is 1.69. The molecule has 0 atom stereocenters. The average Bonchev–Trinajstić information content (AvgIpc) is 2.47. The van der Waals surface area contributed by atoms with Crippen LogP contribution in [-0.4, -0.2) is 4.57 Å². The Morgan fingerprint density at radius 1 is 1.00 bits per heavy atom. The first kappa shape index (κ1) is 13.0. The molecule has 0 N–H and O–H groups in total. The van der Waals surface area contributed by atoms with Gasteiger partial charge in [-0.15, -0.1) is 0 Å². The number of benzene rings is 2. The van der Waals surface area contributed by atoms with Crippen LogP contribution in [0.25, 0.3) is 10.9 Å². The summed E-state index contributed by atoms with van der Waals surface area (Å²) >= 11 is 1.64. The SMILES string of the molecule is Cc1ccc(Sc2cc(=O)n(C)c3ccccc23)cc1. The van der Waals surface area contributed by atoms with Gasteiger partial charge in [-0.1, -0.05) is 47.7 Å². The molecule has 0 fully saturated rings. The molecule has 100 valence electrons. The monoisotopic (exact) mass is 281 g/mol. The highest BCUT2D eigenvalue weighted by molar-refractivity contribution is 7.99. The molecule has 0 spiro atoms. The number of aromatic nitrogens is 1. The van der Waals surface area contributed by atoms with E-state index in [9.17, 15) is 4.79 Å². The molecule has 0 unspecified atom stereocenters. The third kappa shape index (κ3) is 2.37. The lowest BCUT2D eigenvalue weighted by molar-refractivity contribution is 0.898. The maximum atomic E-state index is 12.0. The fourth-order valence-electron chi connectivity index (χ4n) is 2.20. The molecule has 2 nitrogen and oxygen atoms in total. The van der Waals surface area contributed by atoms with Crippen LogP contribution >= 0.6 is 11.8 Å². The van der Waals surface area contributed by atoms with Gasteiger partial charge in [0, 0.05) is 28.3 Å². The highest BCUT2D eigenvalue weighted by Crippen LogP contribution is 2.32. The van der Waals surface area contributed by atoms with Gasteiger partial charge in [0.1, 0.15) is 0 Å². The van der Waals surface area contributed by atoms with E-state index in [0.29, 0.717) is 0 Å². The minimum Gasteiger partial charge on any atom is -0.311 e. The Labute approximate surface area is 122 Å². The molecule has 0 aliphatic rings. The fraction of sp³-hybridized carbons (Fsp3) is 0.118. The minimum atomic E-state index is 0.0262. The molecule has 1 heterocycles. The third-order valence-corrected chi connectivity index (χ3v) is 4.43. The van der Waals surface area contributed by atoms with E-state index < -0.39 is 0 Å². The summed E-state index contributed by atoms with van der Waals surface area (Å²) in [5.74, 6) is 0. The number of para-hydroxylation sites is 1. The zero-order valence-corrected chi connectivity index (χ0v) is 12.3. The Morgan fingerprint density at radius 3 is 2.45 bits per heavy atom. The number of hydrogen-bond acceptors (Lipinski definition) is 2. The number of fused-ring (bicyclic) bond motifs is 1. The van der Waals surface area contributed by atoms with E-state index in [0.717, 1.165) is 20.7 Å². The number of rotatable bonds is 2. The number of pyridine rings is 1. The van der Waals surface area contributed by atoms with Crippen LogP contribution in [0.2, 0.25) is 0 Å². The second kappa shape index (κ2) is 5.17. The smallest absolute Gasteiger partial charge is 0.251 e. The first-order valence-electron chi connectivity index (χ1n) is 6.48. The average molecular weight is 281 g/mol. The zero-order valence-electron chi connectivity index (χ0n) is 11.5. The van der Waals surface area contributed by atoms with Crippen molar-refractivity contribution in [2.45, 2.75) is 16.7 Å². The molecule has 20 heavy (non-hydrogen) atoms. The number of hydrogen-bond donors (Lipinski definition) is 0. The quantitative estimate of drug-likeness (QED) is 0.708. The summed E-state index contributed by atoms with van der Waals surface area (Å²) in [6.45, 7) is 2.07. The Bertz CT molecular complexity index is 819. The standard InChI is InChI=1S/C17H15NOS/c1-12-7-9-13(10-8-12)20-16-11-17(19)18(2)15-6-4-3-5-14(15)16/h3-11H,1-2H3. The Hall–Kier alpha value is -2.00. The van der Waals surface area contributed by atoms with Crippen molar-refractivity contribution >= 4 is 22.7 Å². The highest BCUT2D eigenvalue weighted by Gasteiger charge is 2.07. The third-order valence-electron chi connectivity index (χ3n) is 3.36. The van der Waals surface area contributed by atoms with E-state index in [1.165, 1.54) is 5.56 Å². The molecule has 0 saturated heterocycles. The molecule has 0 aliphatic heterocycles. The van der Waals surface area contributed by atoms with E-state index in [4.69, 9.17) is 0 Å². The molecule has 2 aromatic carbocycles. The van der Waals surface area contributed by atoms with Gasteiger partial charge >= 0.3 is 0 Å². The van der Waals surface area contributed by atoms with E-state index >= 15 is 0 Å². The Balaban J connectivity index is 2.14. The van der Waals surface area contributed by atoms with Crippen LogP contribution in [0.1, 0.15) is 5.56 Å². The van der Waals surface area contributed by atoms with Crippen LogP contribution in [0, 0.1) is 6.92 Å². The Morgan fingerprint density at radius 2 is 1.70 bits per heavy atom. The molecule has 0 radical (unpaired) electrons. The van der Waals surface area contributed by atoms with Crippen LogP contribution < -0.4 is 5.56 Å².